The number of imide groups is 1. The molecule has 2 aliphatic heterocycles. The highest BCUT2D eigenvalue weighted by Gasteiger charge is 2.37. The molecule has 1 saturated heterocycles. The van der Waals surface area contributed by atoms with Crippen LogP contribution in [0.5, 0.6) is 0 Å². The minimum Gasteiger partial charge on any atom is -0.379 e. The van der Waals surface area contributed by atoms with Gasteiger partial charge in [0.15, 0.2) is 0 Å². The highest BCUT2D eigenvalue weighted by molar-refractivity contribution is 7.89. The van der Waals surface area contributed by atoms with Gasteiger partial charge < -0.3 is 14.8 Å². The molecule has 0 aromatic heterocycles. The number of ether oxygens (including phenoxy) is 2. The lowest BCUT2D eigenvalue weighted by Gasteiger charge is -2.17. The van der Waals surface area contributed by atoms with Gasteiger partial charge in [-0.3, -0.25) is 19.3 Å². The Morgan fingerprint density at radius 3 is 2.69 bits per heavy atom. The van der Waals surface area contributed by atoms with Gasteiger partial charge in [0.1, 0.15) is 0 Å². The summed E-state index contributed by atoms with van der Waals surface area (Å²) in [5.74, 6) is -1.54. The van der Waals surface area contributed by atoms with Crippen LogP contribution in [-0.4, -0.2) is 75.8 Å². The van der Waals surface area contributed by atoms with Crippen molar-refractivity contribution in [1.82, 2.24) is 10.2 Å². The zero-order valence-corrected chi connectivity index (χ0v) is 16.6. The molecule has 2 heterocycles. The maximum atomic E-state index is 12.6. The van der Waals surface area contributed by atoms with Crippen molar-refractivity contribution in [3.05, 3.63) is 34.9 Å². The van der Waals surface area contributed by atoms with Gasteiger partial charge in [0.05, 0.1) is 42.7 Å². The van der Waals surface area contributed by atoms with Crippen LogP contribution in [-0.2, 0) is 19.5 Å². The smallest absolute Gasteiger partial charge is 0.261 e. The first-order valence-corrected chi connectivity index (χ1v) is 11.0. The van der Waals surface area contributed by atoms with E-state index in [1.165, 1.54) is 23.1 Å². The molecule has 0 unspecified atom stereocenters. The summed E-state index contributed by atoms with van der Waals surface area (Å²) in [6.07, 6.45) is 1.57. The van der Waals surface area contributed by atoms with Gasteiger partial charge in [-0.15, -0.1) is 0 Å². The van der Waals surface area contributed by atoms with E-state index in [9.17, 15) is 22.8 Å². The monoisotopic (exact) mass is 425 g/mol. The summed E-state index contributed by atoms with van der Waals surface area (Å²) in [4.78, 5) is 38.6. The number of amides is 3. The van der Waals surface area contributed by atoms with Crippen LogP contribution < -0.4 is 10.5 Å². The first-order valence-electron chi connectivity index (χ1n) is 9.24. The Hall–Kier alpha value is -2.34. The summed E-state index contributed by atoms with van der Waals surface area (Å²) < 4.78 is 32.2. The van der Waals surface area contributed by atoms with E-state index in [2.05, 4.69) is 5.32 Å². The number of fused-ring (bicyclic) bond motifs is 1. The second-order valence-electron chi connectivity index (χ2n) is 6.85. The summed E-state index contributed by atoms with van der Waals surface area (Å²) in [5.41, 5.74) is 0.717. The lowest BCUT2D eigenvalue weighted by molar-refractivity contribution is 0.0475. The molecule has 158 valence electrons. The average molecular weight is 425 g/mol. The molecule has 0 aliphatic carbocycles. The molecule has 0 radical (unpaired) electrons. The van der Waals surface area contributed by atoms with Crippen LogP contribution in [0.3, 0.4) is 0 Å². The van der Waals surface area contributed by atoms with Crippen LogP contribution in [0.4, 0.5) is 0 Å². The maximum absolute atomic E-state index is 12.6. The van der Waals surface area contributed by atoms with Crippen molar-refractivity contribution >= 4 is 27.7 Å². The zero-order valence-electron chi connectivity index (χ0n) is 15.8. The van der Waals surface area contributed by atoms with E-state index in [1.54, 1.807) is 0 Å². The van der Waals surface area contributed by atoms with Crippen molar-refractivity contribution in [3.8, 4) is 0 Å². The Kier molecular flexibility index (Phi) is 6.63. The van der Waals surface area contributed by atoms with Gasteiger partial charge in [0.25, 0.3) is 17.7 Å². The van der Waals surface area contributed by atoms with Gasteiger partial charge in [-0.2, -0.15) is 0 Å². The van der Waals surface area contributed by atoms with Gasteiger partial charge >= 0.3 is 0 Å². The number of hydrogen-bond acceptors (Lipinski definition) is 7. The van der Waals surface area contributed by atoms with Crippen molar-refractivity contribution < 1.29 is 32.3 Å². The number of carbonyl (C=O) groups excluding carboxylic acids is 3. The number of primary sulfonamides is 1. The minimum absolute atomic E-state index is 0.0648. The lowest BCUT2D eigenvalue weighted by Crippen LogP contribution is -2.36. The second-order valence-corrected chi connectivity index (χ2v) is 8.59. The van der Waals surface area contributed by atoms with Crippen LogP contribution in [0.15, 0.2) is 18.2 Å². The summed E-state index contributed by atoms with van der Waals surface area (Å²) >= 11 is 0. The summed E-state index contributed by atoms with van der Waals surface area (Å²) in [5, 5.41) is 7.47. The van der Waals surface area contributed by atoms with Gasteiger partial charge in [0, 0.05) is 18.7 Å². The first-order chi connectivity index (χ1) is 13.8. The van der Waals surface area contributed by atoms with Gasteiger partial charge in [0.2, 0.25) is 10.0 Å². The van der Waals surface area contributed by atoms with Crippen molar-refractivity contribution in [3.63, 3.8) is 0 Å². The molecule has 0 bridgehead atoms. The predicted molar refractivity (Wildman–Crippen MR) is 102 cm³/mol. The number of nitrogens with one attached hydrogen (secondary N) is 1. The fourth-order valence-electron chi connectivity index (χ4n) is 3.21. The standard InChI is InChI=1S/C18H23N3O7S/c19-29(25,26)9-8-27-7-5-20-16(22)12-3-4-14-15(10-12)18(24)21(17(14)23)11-13-2-1-6-28-13/h3-4,10,13H,1-2,5-9,11H2,(H,20,22)(H2,19,25,26)/t13-/m1/s1. The second kappa shape index (κ2) is 8.99. The summed E-state index contributed by atoms with van der Waals surface area (Å²) in [6, 6.07) is 4.36. The van der Waals surface area contributed by atoms with Crippen molar-refractivity contribution in [2.75, 3.05) is 38.7 Å². The van der Waals surface area contributed by atoms with Gasteiger partial charge in [-0.05, 0) is 31.0 Å². The Labute approximate surface area is 168 Å². The molecule has 1 fully saturated rings. The van der Waals surface area contributed by atoms with E-state index in [4.69, 9.17) is 14.6 Å². The quantitative estimate of drug-likeness (QED) is 0.400. The molecule has 1 aromatic rings. The first kappa shape index (κ1) is 21.4. The number of benzene rings is 1. The van der Waals surface area contributed by atoms with E-state index < -0.39 is 21.8 Å². The van der Waals surface area contributed by atoms with Crippen LogP contribution in [0.25, 0.3) is 0 Å². The van der Waals surface area contributed by atoms with E-state index in [1.807, 2.05) is 0 Å². The van der Waals surface area contributed by atoms with E-state index in [0.29, 0.717) is 6.61 Å². The van der Waals surface area contributed by atoms with Gasteiger partial charge in [-0.1, -0.05) is 0 Å². The third kappa shape index (κ3) is 5.38. The Morgan fingerprint density at radius 1 is 1.24 bits per heavy atom. The number of nitrogens with zero attached hydrogens (tertiary/aromatic N) is 1. The molecule has 3 amide bonds. The normalized spacial score (nSPS) is 18.9. The van der Waals surface area contributed by atoms with Crippen LogP contribution in [0.2, 0.25) is 0 Å². The van der Waals surface area contributed by atoms with Crippen LogP contribution in [0.1, 0.15) is 43.9 Å². The number of sulfonamides is 1. The number of hydrogen-bond donors (Lipinski definition) is 2. The van der Waals surface area contributed by atoms with Gasteiger partial charge in [-0.25, -0.2) is 13.6 Å². The van der Waals surface area contributed by atoms with Crippen LogP contribution >= 0.6 is 0 Å². The maximum Gasteiger partial charge on any atom is 0.261 e. The van der Waals surface area contributed by atoms with E-state index >= 15 is 0 Å². The molecule has 1 aromatic carbocycles. The number of rotatable bonds is 9. The molecule has 3 rings (SSSR count). The molecule has 2 aliphatic rings. The molecule has 10 nitrogen and oxygen atoms in total. The van der Waals surface area contributed by atoms with Crippen LogP contribution in [0, 0.1) is 0 Å². The molecule has 3 N–H and O–H groups in total. The Balaban J connectivity index is 1.54. The van der Waals surface area contributed by atoms with Crippen molar-refractivity contribution in [1.29, 1.82) is 0 Å². The molecule has 0 spiro atoms. The average Bonchev–Trinajstić information content (AvgIpc) is 3.26. The summed E-state index contributed by atoms with van der Waals surface area (Å²) in [6.45, 7) is 1.04. The molecule has 1 atom stereocenters. The number of nitrogens with two attached hydrogens (primary N) is 1. The molecule has 0 saturated carbocycles. The SMILES string of the molecule is NS(=O)(=O)CCOCCNC(=O)c1ccc2c(c1)C(=O)N(C[C@H]1CCCO1)C2=O. The molecular weight excluding hydrogens is 402 g/mol. The third-order valence-electron chi connectivity index (χ3n) is 4.69. The molecular formula is C18H23N3O7S. The summed E-state index contributed by atoms with van der Waals surface area (Å²) in [7, 11) is -3.58. The lowest BCUT2D eigenvalue weighted by atomic mass is 10.1. The topological polar surface area (TPSA) is 145 Å². The highest BCUT2D eigenvalue weighted by atomic mass is 32.2. The predicted octanol–water partition coefficient (Wildman–Crippen LogP) is -0.503. The Bertz CT molecular complexity index is 910. The minimum atomic E-state index is -3.58. The van der Waals surface area contributed by atoms with E-state index in [-0.39, 0.29) is 60.8 Å². The van der Waals surface area contributed by atoms with Crippen molar-refractivity contribution in [2.45, 2.75) is 18.9 Å². The fourth-order valence-corrected chi connectivity index (χ4v) is 3.56. The highest BCUT2D eigenvalue weighted by Crippen LogP contribution is 2.26. The number of carbonyl (C=O) groups is 3. The largest absolute Gasteiger partial charge is 0.379 e. The molecule has 29 heavy (non-hydrogen) atoms. The zero-order chi connectivity index (χ0) is 21.0. The Morgan fingerprint density at radius 2 is 2.00 bits per heavy atom. The fraction of sp³-hybridized carbons (Fsp3) is 0.500. The van der Waals surface area contributed by atoms with E-state index in [0.717, 1.165) is 12.8 Å². The third-order valence-corrected chi connectivity index (χ3v) is 5.42. The van der Waals surface area contributed by atoms with Crippen molar-refractivity contribution in [2.24, 2.45) is 5.14 Å². The molecule has 11 heteroatoms.